The zero-order chi connectivity index (χ0) is 17.2. The van der Waals surface area contributed by atoms with E-state index < -0.39 is 23.1 Å². The maximum absolute atomic E-state index is 12.4. The molecule has 0 bridgehead atoms. The number of ether oxygens (including phenoxy) is 2. The largest absolute Gasteiger partial charge is 0.457 e. The molecule has 0 aliphatic heterocycles. The van der Waals surface area contributed by atoms with Crippen LogP contribution >= 0.6 is 0 Å². The number of carbonyl (C=O) groups excluding carboxylic acids is 2. The smallest absolute Gasteiger partial charge is 0.350 e. The maximum Gasteiger partial charge on any atom is 0.350 e. The van der Waals surface area contributed by atoms with Gasteiger partial charge in [-0.25, -0.2) is 9.59 Å². The van der Waals surface area contributed by atoms with Crippen LogP contribution in [0.25, 0.3) is 0 Å². The highest BCUT2D eigenvalue weighted by Gasteiger charge is 2.38. The second kappa shape index (κ2) is 6.20. The third-order valence-electron chi connectivity index (χ3n) is 2.69. The van der Waals surface area contributed by atoms with Crippen molar-refractivity contribution in [1.29, 1.82) is 0 Å². The summed E-state index contributed by atoms with van der Waals surface area (Å²) in [6.45, 7) is 18.0. The zero-order valence-corrected chi connectivity index (χ0v) is 15.1. The average Bonchev–Trinajstić information content (AvgIpc) is 2.09. The minimum Gasteiger partial charge on any atom is -0.457 e. The molecule has 0 aliphatic rings. The topological polar surface area (TPSA) is 52.6 Å². The van der Waals surface area contributed by atoms with Gasteiger partial charge < -0.3 is 9.47 Å². The Morgan fingerprint density at radius 3 is 1.48 bits per heavy atom. The molecule has 0 saturated heterocycles. The first-order valence-electron chi connectivity index (χ1n) is 7.22. The van der Waals surface area contributed by atoms with Gasteiger partial charge in [0, 0.05) is 5.57 Å². The molecule has 122 valence electrons. The molecule has 0 radical (unpaired) electrons. The summed E-state index contributed by atoms with van der Waals surface area (Å²) in [7, 11) is 0. The van der Waals surface area contributed by atoms with Gasteiger partial charge in [0.1, 0.15) is 5.60 Å². The van der Waals surface area contributed by atoms with E-state index in [4.69, 9.17) is 9.47 Å². The monoisotopic (exact) mass is 298 g/mol. The van der Waals surface area contributed by atoms with Crippen LogP contribution in [0.5, 0.6) is 0 Å². The number of carbonyl (C=O) groups is 2. The number of hydrogen-bond donors (Lipinski definition) is 0. The van der Waals surface area contributed by atoms with E-state index >= 15 is 0 Å². The van der Waals surface area contributed by atoms with E-state index in [0.29, 0.717) is 5.57 Å². The molecule has 0 aromatic heterocycles. The van der Waals surface area contributed by atoms with E-state index in [1.165, 1.54) is 0 Å². The highest BCUT2D eigenvalue weighted by atomic mass is 16.6. The number of rotatable bonds is 3. The molecule has 0 amide bonds. The van der Waals surface area contributed by atoms with Crippen LogP contribution in [0.2, 0.25) is 0 Å². The fourth-order valence-corrected chi connectivity index (χ4v) is 1.99. The minimum absolute atomic E-state index is 0.347. The second-order valence-electron chi connectivity index (χ2n) is 8.03. The van der Waals surface area contributed by atoms with Gasteiger partial charge in [-0.3, -0.25) is 0 Å². The lowest BCUT2D eigenvalue weighted by Crippen LogP contribution is -2.43. The predicted octanol–water partition coefficient (Wildman–Crippen LogP) is 4.03. The molecule has 4 heteroatoms. The third kappa shape index (κ3) is 6.32. The molecular formula is C17H30O4. The Morgan fingerprint density at radius 2 is 1.19 bits per heavy atom. The summed E-state index contributed by atoms with van der Waals surface area (Å²) in [5.41, 5.74) is -0.827. The van der Waals surface area contributed by atoms with E-state index in [9.17, 15) is 9.59 Å². The van der Waals surface area contributed by atoms with Gasteiger partial charge in [0.05, 0.1) is 0 Å². The zero-order valence-electron chi connectivity index (χ0n) is 15.1. The van der Waals surface area contributed by atoms with Crippen molar-refractivity contribution in [3.8, 4) is 0 Å². The van der Waals surface area contributed by atoms with Gasteiger partial charge in [-0.2, -0.15) is 0 Å². The summed E-state index contributed by atoms with van der Waals surface area (Å²) in [5, 5.41) is 0. The highest BCUT2D eigenvalue weighted by molar-refractivity contribution is 5.93. The van der Waals surface area contributed by atoms with Crippen LogP contribution in [0.3, 0.4) is 0 Å². The summed E-state index contributed by atoms with van der Waals surface area (Å²) < 4.78 is 10.7. The lowest BCUT2D eigenvalue weighted by molar-refractivity contribution is -0.185. The van der Waals surface area contributed by atoms with Crippen LogP contribution in [0.4, 0.5) is 0 Å². The molecule has 4 nitrogen and oxygen atoms in total. The van der Waals surface area contributed by atoms with Gasteiger partial charge in [0.15, 0.2) is 0 Å². The van der Waals surface area contributed by atoms with Gasteiger partial charge in [-0.1, -0.05) is 26.3 Å². The van der Waals surface area contributed by atoms with Gasteiger partial charge in [0.25, 0.3) is 0 Å². The van der Waals surface area contributed by atoms with Crippen LogP contribution in [0.15, 0.2) is 11.1 Å². The lowest BCUT2D eigenvalue weighted by Gasteiger charge is -2.31. The van der Waals surface area contributed by atoms with Crippen LogP contribution < -0.4 is 0 Å². The molecule has 0 aromatic rings. The molecule has 0 spiro atoms. The Bertz CT molecular complexity index is 438. The van der Waals surface area contributed by atoms with Crippen molar-refractivity contribution in [3.05, 3.63) is 11.1 Å². The van der Waals surface area contributed by atoms with Crippen molar-refractivity contribution >= 4 is 11.9 Å². The second-order valence-corrected chi connectivity index (χ2v) is 8.03. The van der Waals surface area contributed by atoms with Crippen LogP contribution in [0.1, 0.15) is 69.2 Å². The van der Waals surface area contributed by atoms with Crippen LogP contribution in [0, 0.1) is 5.41 Å². The Hall–Kier alpha value is -1.32. The van der Waals surface area contributed by atoms with E-state index in [1.807, 2.05) is 34.6 Å². The van der Waals surface area contributed by atoms with Crippen molar-refractivity contribution in [2.24, 2.45) is 5.41 Å². The predicted molar refractivity (Wildman–Crippen MR) is 83.8 cm³/mol. The molecule has 21 heavy (non-hydrogen) atoms. The molecule has 0 saturated carbocycles. The first-order chi connectivity index (χ1) is 9.08. The summed E-state index contributed by atoms with van der Waals surface area (Å²) in [4.78, 5) is 24.6. The van der Waals surface area contributed by atoms with Crippen LogP contribution in [-0.4, -0.2) is 23.1 Å². The van der Waals surface area contributed by atoms with Crippen molar-refractivity contribution in [2.45, 2.75) is 80.4 Å². The van der Waals surface area contributed by atoms with E-state index in [-0.39, 0.29) is 5.41 Å². The number of hydrogen-bond acceptors (Lipinski definition) is 4. The number of esters is 2. The normalized spacial score (nSPS) is 12.7. The van der Waals surface area contributed by atoms with E-state index in [0.717, 1.165) is 5.57 Å². The standard InChI is InChI=1S/C17H30O4/c1-11(2)12(15(3,4)5)13(18)20-17(9,10)14(19)21-16(6,7)8/h1-10H3. The van der Waals surface area contributed by atoms with E-state index in [1.54, 1.807) is 34.6 Å². The minimum atomic E-state index is -1.32. The van der Waals surface area contributed by atoms with Crippen molar-refractivity contribution < 1.29 is 19.1 Å². The van der Waals surface area contributed by atoms with Gasteiger partial charge >= 0.3 is 11.9 Å². The molecule has 0 rings (SSSR count). The van der Waals surface area contributed by atoms with Crippen molar-refractivity contribution in [3.63, 3.8) is 0 Å². The molecule has 0 fully saturated rings. The quantitative estimate of drug-likeness (QED) is 0.583. The SMILES string of the molecule is CC(C)=C(C(=O)OC(C)(C)C(=O)OC(C)(C)C)C(C)(C)C. The summed E-state index contributed by atoms with van der Waals surface area (Å²) in [6.07, 6.45) is 0. The molecule has 0 N–H and O–H groups in total. The molecular weight excluding hydrogens is 268 g/mol. The summed E-state index contributed by atoms with van der Waals surface area (Å²) in [5.74, 6) is -1.02. The van der Waals surface area contributed by atoms with Crippen molar-refractivity contribution in [1.82, 2.24) is 0 Å². The Morgan fingerprint density at radius 1 is 0.762 bits per heavy atom. The van der Waals surface area contributed by atoms with E-state index in [2.05, 4.69) is 0 Å². The average molecular weight is 298 g/mol. The van der Waals surface area contributed by atoms with Gasteiger partial charge in [-0.15, -0.1) is 0 Å². The highest BCUT2D eigenvalue weighted by Crippen LogP contribution is 2.31. The molecule has 0 aromatic carbocycles. The Labute approximate surface area is 128 Å². The lowest BCUT2D eigenvalue weighted by atomic mass is 9.84. The Kier molecular flexibility index (Phi) is 5.81. The molecule has 0 aliphatic carbocycles. The molecule has 0 heterocycles. The van der Waals surface area contributed by atoms with Crippen LogP contribution in [-0.2, 0) is 19.1 Å². The van der Waals surface area contributed by atoms with Gasteiger partial charge in [-0.05, 0) is 53.9 Å². The summed E-state index contributed by atoms with van der Waals surface area (Å²) >= 11 is 0. The molecule has 0 unspecified atom stereocenters. The first kappa shape index (κ1) is 19.7. The fourth-order valence-electron chi connectivity index (χ4n) is 1.99. The van der Waals surface area contributed by atoms with Gasteiger partial charge in [0.2, 0.25) is 5.60 Å². The number of allylic oxidation sites excluding steroid dienone is 1. The maximum atomic E-state index is 12.4. The van der Waals surface area contributed by atoms with Crippen molar-refractivity contribution in [2.75, 3.05) is 0 Å². The Balaban J connectivity index is 5.24. The first-order valence-corrected chi connectivity index (χ1v) is 7.22. The fraction of sp³-hybridized carbons (Fsp3) is 0.765. The third-order valence-corrected chi connectivity index (χ3v) is 2.69. The summed E-state index contributed by atoms with van der Waals surface area (Å²) in [6, 6.07) is 0. The molecule has 0 atom stereocenters.